The lowest BCUT2D eigenvalue weighted by molar-refractivity contribution is 0.332. The predicted molar refractivity (Wildman–Crippen MR) is 85.8 cm³/mol. The molecule has 0 aliphatic carbocycles. The van der Waals surface area contributed by atoms with Crippen LogP contribution in [0, 0.1) is 27.7 Å². The zero-order chi connectivity index (χ0) is 14.5. The molecule has 2 rings (SSSR count). The molecule has 0 aliphatic heterocycles. The molecule has 0 fully saturated rings. The minimum Gasteiger partial charge on any atom is -0.492 e. The Balaban J connectivity index is 1.84. The lowest BCUT2D eigenvalue weighted by Gasteiger charge is -2.12. The van der Waals surface area contributed by atoms with Gasteiger partial charge in [-0.1, -0.05) is 18.2 Å². The maximum Gasteiger partial charge on any atom is 0.119 e. The predicted octanol–water partition coefficient (Wildman–Crippen LogP) is 4.41. The normalized spacial score (nSPS) is 10.4. The minimum atomic E-state index is 0.663. The van der Waals surface area contributed by atoms with E-state index in [1.165, 1.54) is 27.9 Å². The summed E-state index contributed by atoms with van der Waals surface area (Å²) in [6, 6.07) is 12.7. The van der Waals surface area contributed by atoms with Crippen LogP contribution >= 0.6 is 0 Å². The molecule has 0 heterocycles. The van der Waals surface area contributed by atoms with E-state index in [0.717, 1.165) is 12.3 Å². The van der Waals surface area contributed by atoms with Crippen molar-refractivity contribution in [3.63, 3.8) is 0 Å². The largest absolute Gasteiger partial charge is 0.492 e. The third-order valence-corrected chi connectivity index (χ3v) is 3.56. The molecule has 0 saturated heterocycles. The third-order valence-electron chi connectivity index (χ3n) is 3.56. The Labute approximate surface area is 121 Å². The Morgan fingerprint density at radius 3 is 2.35 bits per heavy atom. The van der Waals surface area contributed by atoms with Crippen LogP contribution in [0.5, 0.6) is 5.75 Å². The van der Waals surface area contributed by atoms with E-state index in [0.29, 0.717) is 6.61 Å². The second kappa shape index (κ2) is 6.47. The Kier molecular flexibility index (Phi) is 4.67. The zero-order valence-corrected chi connectivity index (χ0v) is 12.8. The van der Waals surface area contributed by atoms with Crippen molar-refractivity contribution in [1.29, 1.82) is 0 Å². The van der Waals surface area contributed by atoms with Gasteiger partial charge in [0.25, 0.3) is 0 Å². The quantitative estimate of drug-likeness (QED) is 0.812. The molecule has 2 aromatic rings. The van der Waals surface area contributed by atoms with Gasteiger partial charge in [0.15, 0.2) is 0 Å². The second-order valence-electron chi connectivity index (χ2n) is 5.34. The maximum atomic E-state index is 5.77. The smallest absolute Gasteiger partial charge is 0.119 e. The molecule has 0 bridgehead atoms. The number of benzene rings is 2. The molecule has 106 valence electrons. The van der Waals surface area contributed by atoms with Crippen LogP contribution in [0.2, 0.25) is 0 Å². The lowest BCUT2D eigenvalue weighted by atomic mass is 10.1. The van der Waals surface area contributed by atoms with Crippen LogP contribution in [0.15, 0.2) is 36.4 Å². The third kappa shape index (κ3) is 3.77. The fourth-order valence-electron chi connectivity index (χ4n) is 2.08. The van der Waals surface area contributed by atoms with E-state index in [1.807, 2.05) is 6.07 Å². The monoisotopic (exact) mass is 269 g/mol. The summed E-state index contributed by atoms with van der Waals surface area (Å²) >= 11 is 0. The SMILES string of the molecule is Cc1ccc(C)c(NCCOc2ccc(C)c(C)c2)c1. The molecule has 0 amide bonds. The Morgan fingerprint density at radius 2 is 1.60 bits per heavy atom. The van der Waals surface area contributed by atoms with Gasteiger partial charge < -0.3 is 10.1 Å². The summed E-state index contributed by atoms with van der Waals surface area (Å²) in [4.78, 5) is 0. The fourth-order valence-corrected chi connectivity index (χ4v) is 2.08. The van der Waals surface area contributed by atoms with Gasteiger partial charge in [-0.2, -0.15) is 0 Å². The van der Waals surface area contributed by atoms with Gasteiger partial charge in [0.2, 0.25) is 0 Å². The van der Waals surface area contributed by atoms with Crippen molar-refractivity contribution in [3.05, 3.63) is 58.7 Å². The molecule has 0 aliphatic rings. The van der Waals surface area contributed by atoms with Gasteiger partial charge in [-0.15, -0.1) is 0 Å². The minimum absolute atomic E-state index is 0.663. The summed E-state index contributed by atoms with van der Waals surface area (Å²) in [7, 11) is 0. The summed E-state index contributed by atoms with van der Waals surface area (Å²) in [6.07, 6.45) is 0. The van der Waals surface area contributed by atoms with Crippen molar-refractivity contribution < 1.29 is 4.74 Å². The summed E-state index contributed by atoms with van der Waals surface area (Å²) in [5, 5.41) is 3.43. The molecule has 0 atom stereocenters. The van der Waals surface area contributed by atoms with E-state index in [1.54, 1.807) is 0 Å². The first kappa shape index (κ1) is 14.4. The zero-order valence-electron chi connectivity index (χ0n) is 12.8. The summed E-state index contributed by atoms with van der Waals surface area (Å²) < 4.78 is 5.77. The van der Waals surface area contributed by atoms with Crippen molar-refractivity contribution in [2.24, 2.45) is 0 Å². The van der Waals surface area contributed by atoms with Gasteiger partial charge in [-0.05, 0) is 68.1 Å². The molecule has 0 spiro atoms. The maximum absolute atomic E-state index is 5.77. The highest BCUT2D eigenvalue weighted by Crippen LogP contribution is 2.17. The Morgan fingerprint density at radius 1 is 0.850 bits per heavy atom. The van der Waals surface area contributed by atoms with Crippen molar-refractivity contribution in [2.75, 3.05) is 18.5 Å². The highest BCUT2D eigenvalue weighted by Gasteiger charge is 1.99. The fraction of sp³-hybridized carbons (Fsp3) is 0.333. The number of aryl methyl sites for hydroxylation is 4. The van der Waals surface area contributed by atoms with Gasteiger partial charge in [0.1, 0.15) is 12.4 Å². The van der Waals surface area contributed by atoms with Crippen LogP contribution in [-0.2, 0) is 0 Å². The molecule has 0 radical (unpaired) electrons. The highest BCUT2D eigenvalue weighted by atomic mass is 16.5. The highest BCUT2D eigenvalue weighted by molar-refractivity contribution is 5.52. The molecule has 2 heteroatoms. The standard InChI is InChI=1S/C18H23NO/c1-13-5-6-15(3)18(11-13)19-9-10-20-17-8-7-14(2)16(4)12-17/h5-8,11-12,19H,9-10H2,1-4H3. The van der Waals surface area contributed by atoms with Gasteiger partial charge in [0, 0.05) is 12.2 Å². The van der Waals surface area contributed by atoms with Gasteiger partial charge in [-0.25, -0.2) is 0 Å². The van der Waals surface area contributed by atoms with Crippen molar-refractivity contribution in [1.82, 2.24) is 0 Å². The van der Waals surface area contributed by atoms with Crippen LogP contribution < -0.4 is 10.1 Å². The molecule has 2 aromatic carbocycles. The number of nitrogens with one attached hydrogen (secondary N) is 1. The first-order valence-corrected chi connectivity index (χ1v) is 7.07. The van der Waals surface area contributed by atoms with E-state index >= 15 is 0 Å². The number of hydrogen-bond acceptors (Lipinski definition) is 2. The van der Waals surface area contributed by atoms with Gasteiger partial charge in [0.05, 0.1) is 0 Å². The molecule has 0 unspecified atom stereocenters. The van der Waals surface area contributed by atoms with Gasteiger partial charge in [-0.3, -0.25) is 0 Å². The number of hydrogen-bond donors (Lipinski definition) is 1. The molecule has 2 nitrogen and oxygen atoms in total. The first-order chi connectivity index (χ1) is 9.56. The summed E-state index contributed by atoms with van der Waals surface area (Å²) in [5.74, 6) is 0.941. The molecule has 0 saturated carbocycles. The number of anilines is 1. The number of ether oxygens (including phenoxy) is 1. The molecular weight excluding hydrogens is 246 g/mol. The average Bonchev–Trinajstić information content (AvgIpc) is 2.42. The van der Waals surface area contributed by atoms with Crippen LogP contribution in [0.3, 0.4) is 0 Å². The second-order valence-corrected chi connectivity index (χ2v) is 5.34. The van der Waals surface area contributed by atoms with Crippen molar-refractivity contribution in [2.45, 2.75) is 27.7 Å². The lowest BCUT2D eigenvalue weighted by Crippen LogP contribution is -2.12. The molecule has 1 N–H and O–H groups in total. The topological polar surface area (TPSA) is 21.3 Å². The molecule has 20 heavy (non-hydrogen) atoms. The van der Waals surface area contributed by atoms with E-state index in [2.05, 4.69) is 63.3 Å². The van der Waals surface area contributed by atoms with E-state index in [4.69, 9.17) is 4.74 Å². The Bertz CT molecular complexity index is 590. The van der Waals surface area contributed by atoms with E-state index < -0.39 is 0 Å². The molecule has 0 aromatic heterocycles. The summed E-state index contributed by atoms with van der Waals surface area (Å²) in [6.45, 7) is 9.91. The van der Waals surface area contributed by atoms with Crippen LogP contribution in [0.1, 0.15) is 22.3 Å². The van der Waals surface area contributed by atoms with Crippen LogP contribution in [-0.4, -0.2) is 13.2 Å². The summed E-state index contributed by atoms with van der Waals surface area (Å²) in [5.41, 5.74) is 6.29. The number of rotatable bonds is 5. The van der Waals surface area contributed by atoms with E-state index in [9.17, 15) is 0 Å². The first-order valence-electron chi connectivity index (χ1n) is 7.07. The molecular formula is C18H23NO. The van der Waals surface area contributed by atoms with Gasteiger partial charge >= 0.3 is 0 Å². The van der Waals surface area contributed by atoms with Crippen molar-refractivity contribution >= 4 is 5.69 Å². The van der Waals surface area contributed by atoms with Crippen molar-refractivity contribution in [3.8, 4) is 5.75 Å². The van der Waals surface area contributed by atoms with E-state index in [-0.39, 0.29) is 0 Å². The average molecular weight is 269 g/mol. The van der Waals surface area contributed by atoms with Crippen LogP contribution in [0.4, 0.5) is 5.69 Å². The Hall–Kier alpha value is -1.96. The van der Waals surface area contributed by atoms with Crippen LogP contribution in [0.25, 0.3) is 0 Å².